The first-order valence-corrected chi connectivity index (χ1v) is 37.4. The van der Waals surface area contributed by atoms with Gasteiger partial charge in [0.25, 0.3) is 0 Å². The second-order valence-electron chi connectivity index (χ2n) is 29.0. The van der Waals surface area contributed by atoms with Gasteiger partial charge in [-0.3, -0.25) is 4.98 Å². The Morgan fingerprint density at radius 2 is 0.514 bits per heavy atom. The molecule has 0 atom stereocenters. The van der Waals surface area contributed by atoms with E-state index in [0.717, 1.165) is 171 Å². The molecule has 0 fully saturated rings. The van der Waals surface area contributed by atoms with E-state index >= 15 is 0 Å². The van der Waals surface area contributed by atoms with Crippen LogP contribution in [0.5, 0.6) is 0 Å². The molecule has 5 heterocycles. The minimum Gasteiger partial charge on any atom is -0.306 e. The van der Waals surface area contributed by atoms with Crippen LogP contribution in [0.2, 0.25) is 0 Å². The summed E-state index contributed by atoms with van der Waals surface area (Å²) in [6, 6.07) is 139. The van der Waals surface area contributed by atoms with Crippen LogP contribution in [0.15, 0.2) is 376 Å². The van der Waals surface area contributed by atoms with Gasteiger partial charge >= 0.3 is 0 Å². The van der Waals surface area contributed by atoms with E-state index in [1.165, 1.54) is 27.8 Å². The molecule has 6 nitrogen and oxygen atoms in total. The van der Waals surface area contributed by atoms with Gasteiger partial charge in [-0.1, -0.05) is 291 Å². The second-order valence-corrected chi connectivity index (χ2v) is 29.0. The number of para-hydroxylation sites is 4. The van der Waals surface area contributed by atoms with Crippen molar-refractivity contribution in [1.82, 2.24) is 23.3 Å². The molecule has 6 heteroatoms. The number of aromatic nitrogens is 5. The molecule has 5 aromatic heterocycles. The number of hydrogen-bond donors (Lipinski definition) is 0. The molecule has 2 aliphatic carbocycles. The van der Waals surface area contributed by atoms with Gasteiger partial charge < -0.3 is 18.3 Å². The Morgan fingerprint density at radius 3 is 0.844 bits per heavy atom. The van der Waals surface area contributed by atoms with Crippen LogP contribution < -0.4 is 0 Å². The molecule has 0 aliphatic heterocycles. The van der Waals surface area contributed by atoms with Gasteiger partial charge in [-0.2, -0.15) is 5.26 Å². The highest BCUT2D eigenvalue weighted by molar-refractivity contribution is 6.19. The molecule has 21 aromatic rings. The number of nitriles is 1. The van der Waals surface area contributed by atoms with Crippen molar-refractivity contribution in [3.05, 3.63) is 404 Å². The van der Waals surface area contributed by atoms with Gasteiger partial charge in [0, 0.05) is 54.9 Å². The lowest BCUT2D eigenvalue weighted by Crippen LogP contribution is -2.27. The summed E-state index contributed by atoms with van der Waals surface area (Å²) < 4.78 is 9.97. The van der Waals surface area contributed by atoms with E-state index in [1.54, 1.807) is 0 Å². The summed E-state index contributed by atoms with van der Waals surface area (Å²) in [7, 11) is 0. The highest BCUT2D eigenvalue weighted by atomic mass is 15.1. The van der Waals surface area contributed by atoms with E-state index in [4.69, 9.17) is 4.98 Å². The number of benzene rings is 16. The third kappa shape index (κ3) is 8.52. The molecule has 16 aromatic carbocycles. The van der Waals surface area contributed by atoms with Crippen molar-refractivity contribution >= 4 is 87.2 Å². The number of hydrogen-bond acceptors (Lipinski definition) is 2. The van der Waals surface area contributed by atoms with E-state index in [-0.39, 0.29) is 0 Å². The maximum Gasteiger partial charge on any atom is 0.104 e. The predicted octanol–water partition coefficient (Wildman–Crippen LogP) is 26.0. The van der Waals surface area contributed by atoms with Crippen molar-refractivity contribution in [2.75, 3.05) is 0 Å². The Hall–Kier alpha value is -14.6. The Balaban J connectivity index is 1.02. The molecule has 0 radical (unpaired) electrons. The lowest BCUT2D eigenvalue weighted by molar-refractivity contribution is 0.790. The van der Waals surface area contributed by atoms with Gasteiger partial charge in [-0.15, -0.1) is 0 Å². The number of pyridine rings is 1. The van der Waals surface area contributed by atoms with E-state index < -0.39 is 5.41 Å². The Morgan fingerprint density at radius 1 is 0.239 bits per heavy atom. The van der Waals surface area contributed by atoms with Crippen LogP contribution in [0.4, 0.5) is 0 Å². The van der Waals surface area contributed by atoms with Crippen LogP contribution in [-0.4, -0.2) is 23.3 Å². The molecule has 504 valence electrons. The Bertz CT molecular complexity index is 7070. The highest BCUT2D eigenvalue weighted by Gasteiger charge is 2.54. The van der Waals surface area contributed by atoms with E-state index in [2.05, 4.69) is 401 Å². The average molecular weight is 1380 g/mol. The lowest BCUT2D eigenvalue weighted by atomic mass is 9.69. The van der Waals surface area contributed by atoms with Gasteiger partial charge in [-0.25, -0.2) is 0 Å². The predicted molar refractivity (Wildman–Crippen MR) is 450 cm³/mol. The Labute approximate surface area is 628 Å². The first-order chi connectivity index (χ1) is 54.1. The third-order valence-electron chi connectivity index (χ3n) is 23.7. The van der Waals surface area contributed by atoms with Gasteiger partial charge in [-0.05, 0) is 162 Å². The molecule has 0 unspecified atom stereocenters. The number of nitrogens with zero attached hydrogens (tertiary/aromatic N) is 6. The van der Waals surface area contributed by atoms with Crippen LogP contribution in [0.25, 0.3) is 188 Å². The average Bonchev–Trinajstić information content (AvgIpc) is 1.51. The molecular weight excluding hydrogens is 1320 g/mol. The van der Waals surface area contributed by atoms with Crippen LogP contribution in [0, 0.1) is 11.3 Å². The zero-order valence-electron chi connectivity index (χ0n) is 59.0. The zero-order valence-corrected chi connectivity index (χ0v) is 59.0. The molecule has 1 spiro atoms. The van der Waals surface area contributed by atoms with E-state index in [1.807, 2.05) is 0 Å². The van der Waals surface area contributed by atoms with Crippen LogP contribution >= 0.6 is 0 Å². The van der Waals surface area contributed by atoms with Crippen molar-refractivity contribution in [1.29, 1.82) is 5.26 Å². The van der Waals surface area contributed by atoms with Gasteiger partial charge in [0.05, 0.1) is 83.6 Å². The maximum atomic E-state index is 13.9. The highest BCUT2D eigenvalue weighted by Crippen LogP contribution is 2.66. The molecule has 0 saturated heterocycles. The summed E-state index contributed by atoms with van der Waals surface area (Å²) in [5.74, 6) is 0. The summed E-state index contributed by atoms with van der Waals surface area (Å²) in [6.45, 7) is 0. The topological polar surface area (TPSA) is 56.4 Å². The van der Waals surface area contributed by atoms with E-state index in [9.17, 15) is 5.26 Å². The van der Waals surface area contributed by atoms with E-state index in [0.29, 0.717) is 16.9 Å². The molecular formula is C103H62N6. The maximum absolute atomic E-state index is 13.9. The van der Waals surface area contributed by atoms with Crippen molar-refractivity contribution in [2.24, 2.45) is 0 Å². The van der Waals surface area contributed by atoms with Crippen molar-refractivity contribution in [3.63, 3.8) is 0 Å². The molecule has 23 rings (SSSR count). The lowest BCUT2D eigenvalue weighted by Gasteiger charge is -2.34. The van der Waals surface area contributed by atoms with Crippen LogP contribution in [0.1, 0.15) is 27.8 Å². The van der Waals surface area contributed by atoms with Gasteiger partial charge in [0.1, 0.15) is 11.6 Å². The zero-order chi connectivity index (χ0) is 71.6. The van der Waals surface area contributed by atoms with Crippen molar-refractivity contribution in [3.8, 4) is 107 Å². The number of rotatable bonds is 9. The quantitative estimate of drug-likeness (QED) is 0.145. The normalized spacial score (nSPS) is 12.7. The molecule has 0 saturated carbocycles. The van der Waals surface area contributed by atoms with Crippen LogP contribution in [-0.2, 0) is 5.41 Å². The van der Waals surface area contributed by atoms with Gasteiger partial charge in [0.15, 0.2) is 0 Å². The molecule has 0 amide bonds. The molecule has 0 N–H and O–H groups in total. The largest absolute Gasteiger partial charge is 0.306 e. The molecule has 2 aliphatic rings. The summed E-state index contributed by atoms with van der Waals surface area (Å²) in [5.41, 5.74) is 30.0. The summed E-state index contributed by atoms with van der Waals surface area (Å²) >= 11 is 0. The fourth-order valence-corrected chi connectivity index (χ4v) is 19.2. The fraction of sp³-hybridized carbons (Fsp3) is 0.00971. The minimum absolute atomic E-state index is 0.471. The standard InChI is InChI=1S/C103H62N6/c104-63-84-99(106-88-45-23-16-38-75(88)80-59-68(49-53-92(80)106)64-27-5-1-6-28-64)101(108-90-47-25-18-40-77(90)82-61-70(51-55-94(82)108)66-31-9-3-10-32-66)96(98-97-79(57-58-105-98)74-37-15-22-44-87(74)103(97)85-42-20-13-35-72(85)73-36-14-21-43-86(73)103)102(109-91-48-26-19-41-78(91)83-62-71(52-56-95(83)109)67-33-11-4-12-34-67)100(84)107-89-46-24-17-39-76(89)81-60-69(50-54-93(81)107)65-29-7-2-8-30-65/h1-62H. The van der Waals surface area contributed by atoms with Crippen molar-refractivity contribution < 1.29 is 0 Å². The smallest absolute Gasteiger partial charge is 0.104 e. The van der Waals surface area contributed by atoms with Gasteiger partial charge in [0.2, 0.25) is 0 Å². The van der Waals surface area contributed by atoms with Crippen LogP contribution in [0.3, 0.4) is 0 Å². The first-order valence-electron chi connectivity index (χ1n) is 37.4. The van der Waals surface area contributed by atoms with Crippen molar-refractivity contribution in [2.45, 2.75) is 5.41 Å². The molecule has 0 bridgehead atoms. The summed E-state index contributed by atoms with van der Waals surface area (Å²) in [4.78, 5) is 6.25. The third-order valence-corrected chi connectivity index (χ3v) is 23.7. The number of fused-ring (bicyclic) bond motifs is 22. The SMILES string of the molecule is N#Cc1c(-n2c3ccccc3c3cc(-c4ccccc4)ccc32)c(-n2c3ccccc3c3cc(-c4ccccc4)ccc32)c(-c2nccc3c2C2(c4ccccc4-c4ccccc42)c2ccccc2-3)c(-n2c3ccccc3c3cc(-c4ccccc4)ccc32)c1-n1c2ccccc2c2cc(-c3ccccc3)ccc21. The Kier molecular flexibility index (Phi) is 13.1. The second kappa shape index (κ2) is 23.4. The molecule has 109 heavy (non-hydrogen) atoms. The summed E-state index contributed by atoms with van der Waals surface area (Å²) in [5, 5.41) is 22.4. The summed E-state index contributed by atoms with van der Waals surface area (Å²) in [6.07, 6.45) is 2.06. The first kappa shape index (κ1) is 60.7. The fourth-order valence-electron chi connectivity index (χ4n) is 19.2. The monoisotopic (exact) mass is 1380 g/mol. The minimum atomic E-state index is -0.913.